The van der Waals surface area contributed by atoms with Crippen molar-refractivity contribution in [3.8, 4) is 11.4 Å². The Morgan fingerprint density at radius 2 is 1.10 bits per heavy atom. The largest absolute Gasteiger partial charge is 0.314 e. The van der Waals surface area contributed by atoms with Gasteiger partial charge in [-0.05, 0) is 136 Å². The van der Waals surface area contributed by atoms with Crippen LogP contribution in [0.2, 0.25) is 10.0 Å². The van der Waals surface area contributed by atoms with Crippen LogP contribution in [0.25, 0.3) is 44.1 Å². The number of anilines is 3. The molecule has 8 aromatic rings. The normalized spacial score (nSPS) is 15.3. The van der Waals surface area contributed by atoms with Crippen LogP contribution in [0.4, 0.5) is 17.1 Å². The van der Waals surface area contributed by atoms with Crippen LogP contribution in [0, 0.1) is 0 Å². The molecular formula is C54H55Cl2N3. The number of halogens is 2. The van der Waals surface area contributed by atoms with Gasteiger partial charge in [0, 0.05) is 55.2 Å². The molecule has 59 heavy (non-hydrogen) atoms. The summed E-state index contributed by atoms with van der Waals surface area (Å²) in [5, 5.41) is 5.01. The predicted molar refractivity (Wildman–Crippen MR) is 255 cm³/mol. The van der Waals surface area contributed by atoms with Crippen molar-refractivity contribution in [3.05, 3.63) is 160 Å². The van der Waals surface area contributed by atoms with E-state index >= 15 is 0 Å². The summed E-state index contributed by atoms with van der Waals surface area (Å²) in [5.41, 5.74) is 14.3. The molecule has 0 saturated heterocycles. The Bertz CT molecular complexity index is 2870. The summed E-state index contributed by atoms with van der Waals surface area (Å²) >= 11 is 13.9. The Hall–Kier alpha value is -4.96. The number of nitrogens with zero attached hydrogens (tertiary/aromatic N) is 3. The number of para-hydroxylation sites is 1. The molecule has 1 aliphatic carbocycles. The molecule has 0 amide bonds. The topological polar surface area (TPSA) is 13.1 Å². The minimum absolute atomic E-state index is 0.0194. The highest BCUT2D eigenvalue weighted by molar-refractivity contribution is 6.31. The third kappa shape index (κ3) is 6.85. The van der Waals surface area contributed by atoms with Gasteiger partial charge in [0.1, 0.15) is 0 Å². The standard InChI is InChI=1S/C54H55Cl2N3/c1-51(2,3)34-18-22-48-43(26-34)44-27-35(52(4,5)6)19-23-49(44)59(48)41-30-37(56)29-40(31-41)57-33-50(42-16-11-12-17-47(42)57)58(38-15-13-14-36(55)28-38)39-20-21-45-46(32-39)54(9,10)25-24-53(45,7)8/h11-23,26-33H,24-25H2,1-10H3. The number of benzene rings is 6. The molecule has 1 aliphatic rings. The first kappa shape index (κ1) is 39.5. The molecule has 300 valence electrons. The van der Waals surface area contributed by atoms with Crippen LogP contribution < -0.4 is 4.90 Å². The Labute approximate surface area is 360 Å². The summed E-state index contributed by atoms with van der Waals surface area (Å²) in [5.74, 6) is 0. The fraction of sp³-hybridized carbons (Fsp3) is 0.296. The van der Waals surface area contributed by atoms with Gasteiger partial charge in [-0.1, -0.05) is 135 Å². The molecule has 0 radical (unpaired) electrons. The van der Waals surface area contributed by atoms with Crippen molar-refractivity contribution in [2.45, 2.75) is 104 Å². The summed E-state index contributed by atoms with van der Waals surface area (Å²) in [6.07, 6.45) is 4.59. The van der Waals surface area contributed by atoms with E-state index in [9.17, 15) is 0 Å². The minimum Gasteiger partial charge on any atom is -0.314 e. The molecule has 0 unspecified atom stereocenters. The maximum absolute atomic E-state index is 7.18. The van der Waals surface area contributed by atoms with E-state index in [4.69, 9.17) is 23.2 Å². The second kappa shape index (κ2) is 13.8. The third-order valence-corrected chi connectivity index (χ3v) is 13.4. The Kier molecular flexibility index (Phi) is 9.24. The van der Waals surface area contributed by atoms with E-state index in [-0.39, 0.29) is 21.7 Å². The molecule has 0 fully saturated rings. The van der Waals surface area contributed by atoms with Crippen molar-refractivity contribution in [1.29, 1.82) is 0 Å². The molecule has 0 atom stereocenters. The molecule has 0 bridgehead atoms. The van der Waals surface area contributed by atoms with E-state index in [2.05, 4.69) is 199 Å². The van der Waals surface area contributed by atoms with E-state index < -0.39 is 0 Å². The monoisotopic (exact) mass is 815 g/mol. The van der Waals surface area contributed by atoms with Crippen LogP contribution in [0.5, 0.6) is 0 Å². The second-order valence-electron chi connectivity index (χ2n) is 20.2. The minimum atomic E-state index is 0.0194. The lowest BCUT2D eigenvalue weighted by Crippen LogP contribution is -2.34. The van der Waals surface area contributed by atoms with E-state index in [0.717, 1.165) is 56.8 Å². The number of fused-ring (bicyclic) bond motifs is 5. The van der Waals surface area contributed by atoms with Gasteiger partial charge in [0.2, 0.25) is 0 Å². The first-order chi connectivity index (χ1) is 27.8. The van der Waals surface area contributed by atoms with E-state index in [0.29, 0.717) is 10.0 Å². The second-order valence-corrected chi connectivity index (χ2v) is 21.1. The molecule has 2 heterocycles. The molecule has 6 aromatic carbocycles. The molecule has 0 spiro atoms. The van der Waals surface area contributed by atoms with Crippen molar-refractivity contribution in [2.24, 2.45) is 0 Å². The lowest BCUT2D eigenvalue weighted by atomic mass is 9.63. The number of aromatic nitrogens is 2. The summed E-state index contributed by atoms with van der Waals surface area (Å²) in [6.45, 7) is 23.3. The zero-order valence-corrected chi connectivity index (χ0v) is 37.6. The van der Waals surface area contributed by atoms with Gasteiger partial charge in [0.25, 0.3) is 0 Å². The fourth-order valence-corrected chi connectivity index (χ4v) is 9.78. The smallest absolute Gasteiger partial charge is 0.0721 e. The first-order valence-electron chi connectivity index (χ1n) is 21.0. The number of hydrogen-bond donors (Lipinski definition) is 0. The molecule has 9 rings (SSSR count). The van der Waals surface area contributed by atoms with Crippen LogP contribution in [0.1, 0.15) is 104 Å². The highest BCUT2D eigenvalue weighted by Crippen LogP contribution is 2.49. The molecule has 0 saturated carbocycles. The van der Waals surface area contributed by atoms with Gasteiger partial charge < -0.3 is 14.0 Å². The van der Waals surface area contributed by atoms with E-state index in [1.807, 2.05) is 12.1 Å². The zero-order valence-electron chi connectivity index (χ0n) is 36.1. The van der Waals surface area contributed by atoms with Crippen LogP contribution in [0.15, 0.2) is 128 Å². The van der Waals surface area contributed by atoms with Gasteiger partial charge in [0.15, 0.2) is 0 Å². The summed E-state index contributed by atoms with van der Waals surface area (Å²) in [4.78, 5) is 2.38. The molecule has 5 heteroatoms. The molecular weight excluding hydrogens is 762 g/mol. The maximum Gasteiger partial charge on any atom is 0.0721 e. The van der Waals surface area contributed by atoms with Gasteiger partial charge in [0.05, 0.1) is 22.2 Å². The predicted octanol–water partition coefficient (Wildman–Crippen LogP) is 16.4. The quantitative estimate of drug-likeness (QED) is 0.169. The molecule has 0 aliphatic heterocycles. The lowest BCUT2D eigenvalue weighted by Gasteiger charge is -2.42. The maximum atomic E-state index is 7.18. The Morgan fingerprint density at radius 3 is 1.73 bits per heavy atom. The molecule has 2 aromatic heterocycles. The summed E-state index contributed by atoms with van der Waals surface area (Å²) in [6, 6.07) is 44.4. The average molecular weight is 817 g/mol. The molecule has 3 nitrogen and oxygen atoms in total. The fourth-order valence-electron chi connectivity index (χ4n) is 9.37. The highest BCUT2D eigenvalue weighted by atomic mass is 35.5. The van der Waals surface area contributed by atoms with Crippen LogP contribution >= 0.6 is 23.2 Å². The van der Waals surface area contributed by atoms with Crippen molar-refractivity contribution in [2.75, 3.05) is 4.90 Å². The highest BCUT2D eigenvalue weighted by Gasteiger charge is 2.37. The van der Waals surface area contributed by atoms with Crippen molar-refractivity contribution in [1.82, 2.24) is 9.13 Å². The van der Waals surface area contributed by atoms with Gasteiger partial charge >= 0.3 is 0 Å². The summed E-state index contributed by atoms with van der Waals surface area (Å²) < 4.78 is 4.69. The third-order valence-electron chi connectivity index (χ3n) is 13.0. The van der Waals surface area contributed by atoms with E-state index in [1.54, 1.807) is 0 Å². The van der Waals surface area contributed by atoms with Crippen LogP contribution in [-0.4, -0.2) is 9.13 Å². The van der Waals surface area contributed by atoms with Gasteiger partial charge in [-0.15, -0.1) is 0 Å². The van der Waals surface area contributed by atoms with Gasteiger partial charge in [-0.25, -0.2) is 0 Å². The average Bonchev–Trinajstić information content (AvgIpc) is 3.72. The molecule has 0 N–H and O–H groups in total. The zero-order chi connectivity index (χ0) is 41.8. The van der Waals surface area contributed by atoms with Crippen LogP contribution in [-0.2, 0) is 21.7 Å². The van der Waals surface area contributed by atoms with Gasteiger partial charge in [-0.3, -0.25) is 0 Å². The van der Waals surface area contributed by atoms with Crippen molar-refractivity contribution < 1.29 is 0 Å². The lowest BCUT2D eigenvalue weighted by molar-refractivity contribution is 0.332. The van der Waals surface area contributed by atoms with E-state index in [1.165, 1.54) is 39.4 Å². The Balaban J connectivity index is 1.27. The number of hydrogen-bond acceptors (Lipinski definition) is 1. The summed E-state index contributed by atoms with van der Waals surface area (Å²) in [7, 11) is 0. The van der Waals surface area contributed by atoms with Crippen molar-refractivity contribution >= 4 is 73.0 Å². The SMILES string of the molecule is CC(C)(C)c1ccc2c(c1)c1cc(C(C)(C)C)ccc1n2-c1cc(Cl)cc(-n2cc(N(c3cccc(Cl)c3)c3ccc4c(c3)C(C)(C)CCC4(C)C)c3ccccc32)c1. The van der Waals surface area contributed by atoms with Crippen molar-refractivity contribution in [3.63, 3.8) is 0 Å². The number of rotatable bonds is 5. The Morgan fingerprint density at radius 1 is 0.508 bits per heavy atom. The van der Waals surface area contributed by atoms with Gasteiger partial charge in [-0.2, -0.15) is 0 Å². The van der Waals surface area contributed by atoms with Crippen LogP contribution in [0.3, 0.4) is 0 Å². The first-order valence-corrected chi connectivity index (χ1v) is 21.8.